The number of alkyl halides is 6. The number of nitrogens with zero attached hydrogens (tertiary/aromatic N) is 1. The maximum absolute atomic E-state index is 13.4. The molecular weight excluding hydrogens is 488 g/mol. The standard InChI is InChI=1S/C22H19F6NO4S/c1-31-12-17(20(30)32-2)15-7-5-4-6-13(15)11-33-29-19(34-3)16-10-14(21(23,24)25)8-9-18(16)22(26,27)28/h4-10,12H,11H2,1-3H3. The van der Waals surface area contributed by atoms with Crippen LogP contribution in [-0.2, 0) is 38.1 Å². The van der Waals surface area contributed by atoms with Crippen LogP contribution in [0.4, 0.5) is 26.3 Å². The molecular formula is C22H19F6NO4S. The molecule has 34 heavy (non-hydrogen) atoms. The van der Waals surface area contributed by atoms with Crippen LogP contribution in [-0.4, -0.2) is 31.5 Å². The molecule has 0 aliphatic rings. The van der Waals surface area contributed by atoms with Gasteiger partial charge in [0.2, 0.25) is 0 Å². The minimum Gasteiger partial charge on any atom is -0.503 e. The fraction of sp³-hybridized carbons (Fsp3) is 0.273. The number of ether oxygens (including phenoxy) is 2. The summed E-state index contributed by atoms with van der Waals surface area (Å²) in [5, 5.41) is 3.26. The third-order valence-electron chi connectivity index (χ3n) is 4.39. The molecule has 0 spiro atoms. The highest BCUT2D eigenvalue weighted by Gasteiger charge is 2.38. The average Bonchev–Trinajstić information content (AvgIpc) is 2.78. The lowest BCUT2D eigenvalue weighted by atomic mass is 10.0. The Morgan fingerprint density at radius 3 is 2.24 bits per heavy atom. The van der Waals surface area contributed by atoms with Gasteiger partial charge >= 0.3 is 18.3 Å². The van der Waals surface area contributed by atoms with Gasteiger partial charge in [0.05, 0.1) is 31.6 Å². The van der Waals surface area contributed by atoms with Gasteiger partial charge in [-0.2, -0.15) is 26.3 Å². The molecule has 0 unspecified atom stereocenters. The van der Waals surface area contributed by atoms with Crippen molar-refractivity contribution in [3.63, 3.8) is 0 Å². The van der Waals surface area contributed by atoms with Crippen molar-refractivity contribution in [2.24, 2.45) is 5.16 Å². The first-order chi connectivity index (χ1) is 15.9. The Bertz CT molecular complexity index is 1080. The Kier molecular flexibility index (Phi) is 9.02. The number of oxime groups is 1. The molecule has 0 amide bonds. The molecule has 2 aromatic carbocycles. The first kappa shape index (κ1) is 27.1. The quantitative estimate of drug-likeness (QED) is 0.0859. The monoisotopic (exact) mass is 507 g/mol. The molecule has 5 nitrogen and oxygen atoms in total. The summed E-state index contributed by atoms with van der Waals surface area (Å²) in [6, 6.07) is 7.48. The summed E-state index contributed by atoms with van der Waals surface area (Å²) in [5.74, 6) is -0.707. The van der Waals surface area contributed by atoms with Crippen LogP contribution in [0.5, 0.6) is 0 Å². The van der Waals surface area contributed by atoms with Crippen molar-refractivity contribution in [3.8, 4) is 0 Å². The molecule has 12 heteroatoms. The number of carbonyl (C=O) groups is 1. The summed E-state index contributed by atoms with van der Waals surface area (Å²) in [7, 11) is 2.50. The molecule has 0 heterocycles. The molecule has 0 N–H and O–H groups in total. The predicted molar refractivity (Wildman–Crippen MR) is 115 cm³/mol. The lowest BCUT2D eigenvalue weighted by molar-refractivity contribution is -0.141. The van der Waals surface area contributed by atoms with Crippen LogP contribution in [0.1, 0.15) is 27.8 Å². The van der Waals surface area contributed by atoms with E-state index < -0.39 is 40.1 Å². The van der Waals surface area contributed by atoms with Gasteiger partial charge in [0.1, 0.15) is 17.2 Å². The van der Waals surface area contributed by atoms with Crippen LogP contribution in [0, 0.1) is 0 Å². The van der Waals surface area contributed by atoms with E-state index in [0.717, 1.165) is 6.26 Å². The number of carbonyl (C=O) groups excluding carboxylic acids is 1. The molecule has 0 saturated carbocycles. The highest BCUT2D eigenvalue weighted by Crippen LogP contribution is 2.38. The number of benzene rings is 2. The Morgan fingerprint density at radius 2 is 1.68 bits per heavy atom. The van der Waals surface area contributed by atoms with Gasteiger partial charge < -0.3 is 14.3 Å². The molecule has 0 fully saturated rings. The predicted octanol–water partition coefficient (Wildman–Crippen LogP) is 6.13. The van der Waals surface area contributed by atoms with E-state index in [1.807, 2.05) is 0 Å². The highest BCUT2D eigenvalue weighted by molar-refractivity contribution is 8.13. The summed E-state index contributed by atoms with van der Waals surface area (Å²) in [6.45, 7) is -0.307. The van der Waals surface area contributed by atoms with Crippen LogP contribution in [0.15, 0.2) is 53.9 Å². The second-order valence-electron chi connectivity index (χ2n) is 6.55. The number of halogens is 6. The van der Waals surface area contributed by atoms with Gasteiger partial charge in [-0.15, -0.1) is 11.8 Å². The third-order valence-corrected chi connectivity index (χ3v) is 5.07. The van der Waals surface area contributed by atoms with Crippen LogP contribution in [0.2, 0.25) is 0 Å². The van der Waals surface area contributed by atoms with E-state index in [4.69, 9.17) is 14.3 Å². The highest BCUT2D eigenvalue weighted by atomic mass is 32.2. The van der Waals surface area contributed by atoms with Crippen molar-refractivity contribution in [1.82, 2.24) is 0 Å². The van der Waals surface area contributed by atoms with Crippen molar-refractivity contribution in [2.45, 2.75) is 19.0 Å². The molecule has 0 radical (unpaired) electrons. The normalized spacial score (nSPS) is 13.0. The number of esters is 1. The van der Waals surface area contributed by atoms with Gasteiger partial charge in [-0.1, -0.05) is 29.4 Å². The van der Waals surface area contributed by atoms with Gasteiger partial charge in [-0.25, -0.2) is 4.79 Å². The lowest BCUT2D eigenvalue weighted by Gasteiger charge is -2.16. The van der Waals surface area contributed by atoms with Crippen molar-refractivity contribution < 1.29 is 45.4 Å². The smallest absolute Gasteiger partial charge is 0.417 e. The van der Waals surface area contributed by atoms with Crippen molar-refractivity contribution in [2.75, 3.05) is 20.5 Å². The molecule has 0 aliphatic carbocycles. The maximum Gasteiger partial charge on any atom is 0.417 e. The zero-order valence-corrected chi connectivity index (χ0v) is 18.9. The number of thioether (sulfide) groups is 1. The molecule has 0 aliphatic heterocycles. The van der Waals surface area contributed by atoms with Crippen LogP contribution in [0.3, 0.4) is 0 Å². The summed E-state index contributed by atoms with van der Waals surface area (Å²) in [4.78, 5) is 17.3. The Labute approximate surface area is 195 Å². The topological polar surface area (TPSA) is 57.1 Å². The van der Waals surface area contributed by atoms with Gasteiger partial charge in [0, 0.05) is 11.1 Å². The minimum absolute atomic E-state index is 0.0514. The van der Waals surface area contributed by atoms with E-state index in [2.05, 4.69) is 5.16 Å². The SMILES string of the molecule is COC=C(C(=O)OC)c1ccccc1CON=C(SC)c1cc(C(F)(F)F)ccc1C(F)(F)F. The van der Waals surface area contributed by atoms with E-state index in [0.29, 0.717) is 41.1 Å². The maximum atomic E-state index is 13.4. The Balaban J connectivity index is 2.44. The largest absolute Gasteiger partial charge is 0.503 e. The van der Waals surface area contributed by atoms with Crippen LogP contribution >= 0.6 is 11.8 Å². The fourth-order valence-corrected chi connectivity index (χ4v) is 3.38. The molecule has 0 atom stereocenters. The van der Waals surface area contributed by atoms with Gasteiger partial charge in [0.25, 0.3) is 0 Å². The molecule has 0 aromatic heterocycles. The number of rotatable bonds is 7. The lowest BCUT2D eigenvalue weighted by Crippen LogP contribution is -2.15. The van der Waals surface area contributed by atoms with Crippen molar-refractivity contribution >= 4 is 28.3 Å². The number of hydrogen-bond acceptors (Lipinski definition) is 6. The summed E-state index contributed by atoms with van der Waals surface area (Å²) in [6.07, 6.45) is -7.25. The second-order valence-corrected chi connectivity index (χ2v) is 7.34. The zero-order chi connectivity index (χ0) is 25.5. The molecule has 2 rings (SSSR count). The Hall–Kier alpha value is -3.15. The fourth-order valence-electron chi connectivity index (χ4n) is 2.86. The molecule has 2 aromatic rings. The Morgan fingerprint density at radius 1 is 1.00 bits per heavy atom. The van der Waals surface area contributed by atoms with Gasteiger partial charge in [0.15, 0.2) is 0 Å². The van der Waals surface area contributed by atoms with Gasteiger partial charge in [-0.3, -0.25) is 0 Å². The van der Waals surface area contributed by atoms with E-state index in [1.54, 1.807) is 24.3 Å². The molecule has 0 saturated heterocycles. The first-order valence-corrected chi connectivity index (χ1v) is 10.6. The first-order valence-electron chi connectivity index (χ1n) is 9.36. The summed E-state index contributed by atoms with van der Waals surface area (Å²) < 4.78 is 89.2. The van der Waals surface area contributed by atoms with E-state index >= 15 is 0 Å². The summed E-state index contributed by atoms with van der Waals surface area (Å²) in [5.41, 5.74) is -2.50. The molecule has 0 bridgehead atoms. The zero-order valence-electron chi connectivity index (χ0n) is 18.1. The average molecular weight is 507 g/mol. The van der Waals surface area contributed by atoms with Gasteiger partial charge in [-0.05, 0) is 30.0 Å². The molecule has 184 valence electrons. The van der Waals surface area contributed by atoms with E-state index in [-0.39, 0.29) is 12.2 Å². The number of hydrogen-bond donors (Lipinski definition) is 0. The second kappa shape index (κ2) is 11.3. The van der Waals surface area contributed by atoms with Crippen molar-refractivity contribution in [3.05, 3.63) is 76.5 Å². The van der Waals surface area contributed by atoms with Crippen LogP contribution < -0.4 is 0 Å². The van der Waals surface area contributed by atoms with E-state index in [9.17, 15) is 31.1 Å². The number of methoxy groups -OCH3 is 2. The van der Waals surface area contributed by atoms with Crippen molar-refractivity contribution in [1.29, 1.82) is 0 Å². The summed E-state index contributed by atoms with van der Waals surface area (Å²) >= 11 is 0.687. The van der Waals surface area contributed by atoms with Crippen LogP contribution in [0.25, 0.3) is 5.57 Å². The third kappa shape index (κ3) is 6.69. The minimum atomic E-state index is -4.91. The van der Waals surface area contributed by atoms with E-state index in [1.165, 1.54) is 20.5 Å².